The van der Waals surface area contributed by atoms with Crippen LogP contribution >= 0.6 is 0 Å². The Labute approximate surface area is 101 Å². The first-order valence-electron chi connectivity index (χ1n) is 5.76. The summed E-state index contributed by atoms with van der Waals surface area (Å²) in [5.74, 6) is -0.109. The summed E-state index contributed by atoms with van der Waals surface area (Å²) >= 11 is 0. The predicted molar refractivity (Wildman–Crippen MR) is 65.9 cm³/mol. The summed E-state index contributed by atoms with van der Waals surface area (Å²) in [4.78, 5) is 11.3. The zero-order valence-electron chi connectivity index (χ0n) is 10.2. The predicted octanol–water partition coefficient (Wildman–Crippen LogP) is 1.47. The van der Waals surface area contributed by atoms with E-state index in [-0.39, 0.29) is 24.3 Å². The van der Waals surface area contributed by atoms with E-state index in [1.54, 1.807) is 12.1 Å². The van der Waals surface area contributed by atoms with Crippen molar-refractivity contribution in [2.24, 2.45) is 11.7 Å². The molecule has 0 aliphatic rings. The monoisotopic (exact) mass is 238 g/mol. The maximum atomic E-state index is 12.8. The molecule has 1 aromatic rings. The molecule has 0 radical (unpaired) electrons. The maximum Gasteiger partial charge on any atom is 0.233 e. The smallest absolute Gasteiger partial charge is 0.233 e. The van der Waals surface area contributed by atoms with Gasteiger partial charge in [-0.2, -0.15) is 0 Å². The van der Waals surface area contributed by atoms with E-state index in [9.17, 15) is 9.18 Å². The molecule has 3 nitrogen and oxygen atoms in total. The third-order valence-corrected chi connectivity index (χ3v) is 2.71. The molecule has 0 saturated heterocycles. The van der Waals surface area contributed by atoms with E-state index in [0.717, 1.165) is 5.56 Å². The Balaban J connectivity index is 2.66. The van der Waals surface area contributed by atoms with Gasteiger partial charge in [0.2, 0.25) is 5.91 Å². The Morgan fingerprint density at radius 2 is 1.94 bits per heavy atom. The van der Waals surface area contributed by atoms with Crippen molar-refractivity contribution in [2.45, 2.75) is 26.3 Å². The highest BCUT2D eigenvalue weighted by Crippen LogP contribution is 2.11. The third-order valence-electron chi connectivity index (χ3n) is 2.71. The topological polar surface area (TPSA) is 55.1 Å². The summed E-state index contributed by atoms with van der Waals surface area (Å²) in [6.07, 6.45) is 0.684. The molecule has 94 valence electrons. The SMILES string of the molecule is CC(C)C(Cc1ccc(F)cc1)NC(=O)CN. The number of benzene rings is 1. The van der Waals surface area contributed by atoms with Crippen LogP contribution in [0.15, 0.2) is 24.3 Å². The molecule has 0 bridgehead atoms. The highest BCUT2D eigenvalue weighted by atomic mass is 19.1. The van der Waals surface area contributed by atoms with Gasteiger partial charge in [-0.05, 0) is 30.0 Å². The van der Waals surface area contributed by atoms with Gasteiger partial charge in [0.05, 0.1) is 6.54 Å². The number of rotatable bonds is 5. The second-order valence-electron chi connectivity index (χ2n) is 4.45. The van der Waals surface area contributed by atoms with Gasteiger partial charge in [-0.25, -0.2) is 4.39 Å². The van der Waals surface area contributed by atoms with Crippen LogP contribution in [0.5, 0.6) is 0 Å². The van der Waals surface area contributed by atoms with Crippen LogP contribution in [0.25, 0.3) is 0 Å². The molecule has 0 heterocycles. The fourth-order valence-electron chi connectivity index (χ4n) is 1.59. The van der Waals surface area contributed by atoms with Crippen LogP contribution < -0.4 is 11.1 Å². The molecular formula is C13H19FN2O. The summed E-state index contributed by atoms with van der Waals surface area (Å²) < 4.78 is 12.8. The standard InChI is InChI=1S/C13H19FN2O/c1-9(2)12(16-13(17)8-15)7-10-3-5-11(14)6-4-10/h3-6,9,12H,7-8,15H2,1-2H3,(H,16,17). The number of amides is 1. The lowest BCUT2D eigenvalue weighted by Crippen LogP contribution is -2.43. The first-order valence-corrected chi connectivity index (χ1v) is 5.76. The van der Waals surface area contributed by atoms with Crippen molar-refractivity contribution in [3.63, 3.8) is 0 Å². The van der Waals surface area contributed by atoms with Crippen molar-refractivity contribution in [1.29, 1.82) is 0 Å². The molecule has 1 rings (SSSR count). The molecule has 1 atom stereocenters. The molecule has 0 spiro atoms. The molecule has 1 unspecified atom stereocenters. The van der Waals surface area contributed by atoms with Crippen LogP contribution in [0.2, 0.25) is 0 Å². The van der Waals surface area contributed by atoms with Crippen molar-refractivity contribution in [3.05, 3.63) is 35.6 Å². The van der Waals surface area contributed by atoms with Crippen LogP contribution in [-0.4, -0.2) is 18.5 Å². The van der Waals surface area contributed by atoms with E-state index in [0.29, 0.717) is 12.3 Å². The number of nitrogens with one attached hydrogen (secondary N) is 1. The molecule has 3 N–H and O–H groups in total. The number of carbonyl (C=O) groups is 1. The van der Waals surface area contributed by atoms with Crippen LogP contribution in [0.4, 0.5) is 4.39 Å². The highest BCUT2D eigenvalue weighted by Gasteiger charge is 2.15. The fourth-order valence-corrected chi connectivity index (χ4v) is 1.59. The average molecular weight is 238 g/mol. The lowest BCUT2D eigenvalue weighted by atomic mass is 9.96. The highest BCUT2D eigenvalue weighted by molar-refractivity contribution is 5.78. The molecular weight excluding hydrogens is 219 g/mol. The van der Waals surface area contributed by atoms with Crippen LogP contribution in [-0.2, 0) is 11.2 Å². The van der Waals surface area contributed by atoms with Crippen LogP contribution in [0, 0.1) is 11.7 Å². The Morgan fingerprint density at radius 3 is 2.41 bits per heavy atom. The number of halogens is 1. The van der Waals surface area contributed by atoms with E-state index < -0.39 is 0 Å². The maximum absolute atomic E-state index is 12.8. The minimum atomic E-state index is -0.249. The normalized spacial score (nSPS) is 12.5. The second-order valence-corrected chi connectivity index (χ2v) is 4.45. The van der Waals surface area contributed by atoms with E-state index in [1.807, 2.05) is 13.8 Å². The first-order chi connectivity index (χ1) is 8.02. The molecule has 0 aliphatic carbocycles. The summed E-state index contributed by atoms with van der Waals surface area (Å²) in [6.45, 7) is 4.06. The lowest BCUT2D eigenvalue weighted by molar-refractivity contribution is -0.120. The van der Waals surface area contributed by atoms with Crippen molar-refractivity contribution in [2.75, 3.05) is 6.54 Å². The van der Waals surface area contributed by atoms with Crippen LogP contribution in [0.1, 0.15) is 19.4 Å². The van der Waals surface area contributed by atoms with E-state index in [2.05, 4.69) is 5.32 Å². The average Bonchev–Trinajstić information content (AvgIpc) is 2.30. The van der Waals surface area contributed by atoms with Gasteiger partial charge < -0.3 is 11.1 Å². The summed E-state index contributed by atoms with van der Waals surface area (Å²) in [6, 6.07) is 6.35. The summed E-state index contributed by atoms with van der Waals surface area (Å²) in [5.41, 5.74) is 6.27. The zero-order chi connectivity index (χ0) is 12.8. The van der Waals surface area contributed by atoms with Gasteiger partial charge in [0.15, 0.2) is 0 Å². The molecule has 0 fully saturated rings. The fraction of sp³-hybridized carbons (Fsp3) is 0.462. The zero-order valence-corrected chi connectivity index (χ0v) is 10.2. The Hall–Kier alpha value is -1.42. The van der Waals surface area contributed by atoms with E-state index >= 15 is 0 Å². The largest absolute Gasteiger partial charge is 0.352 e. The second kappa shape index (κ2) is 6.35. The number of carbonyl (C=O) groups excluding carboxylic acids is 1. The van der Waals surface area contributed by atoms with Gasteiger partial charge in [-0.1, -0.05) is 26.0 Å². The van der Waals surface area contributed by atoms with Crippen molar-refractivity contribution in [3.8, 4) is 0 Å². The number of hydrogen-bond acceptors (Lipinski definition) is 2. The first kappa shape index (κ1) is 13.6. The minimum absolute atomic E-state index is 0.00730. The number of nitrogens with two attached hydrogens (primary N) is 1. The van der Waals surface area contributed by atoms with Crippen LogP contribution in [0.3, 0.4) is 0 Å². The molecule has 1 amide bonds. The van der Waals surface area contributed by atoms with Crippen molar-refractivity contribution < 1.29 is 9.18 Å². The third kappa shape index (κ3) is 4.53. The Morgan fingerprint density at radius 1 is 1.35 bits per heavy atom. The quantitative estimate of drug-likeness (QED) is 0.816. The van der Waals surface area contributed by atoms with Crippen molar-refractivity contribution in [1.82, 2.24) is 5.32 Å². The molecule has 4 heteroatoms. The van der Waals surface area contributed by atoms with Gasteiger partial charge in [-0.15, -0.1) is 0 Å². The molecule has 0 aromatic heterocycles. The van der Waals surface area contributed by atoms with Gasteiger partial charge in [0.25, 0.3) is 0 Å². The van der Waals surface area contributed by atoms with Gasteiger partial charge >= 0.3 is 0 Å². The van der Waals surface area contributed by atoms with E-state index in [1.165, 1.54) is 12.1 Å². The Bertz CT molecular complexity index is 362. The number of hydrogen-bond donors (Lipinski definition) is 2. The molecule has 17 heavy (non-hydrogen) atoms. The van der Waals surface area contributed by atoms with Crippen molar-refractivity contribution >= 4 is 5.91 Å². The minimum Gasteiger partial charge on any atom is -0.352 e. The summed E-state index contributed by atoms with van der Waals surface area (Å²) in [7, 11) is 0. The lowest BCUT2D eigenvalue weighted by Gasteiger charge is -2.22. The molecule has 1 aromatic carbocycles. The Kier molecular flexibility index (Phi) is 5.10. The van der Waals surface area contributed by atoms with Gasteiger partial charge in [0, 0.05) is 6.04 Å². The van der Waals surface area contributed by atoms with E-state index in [4.69, 9.17) is 5.73 Å². The summed E-state index contributed by atoms with van der Waals surface area (Å²) in [5, 5.41) is 2.87. The van der Waals surface area contributed by atoms with Gasteiger partial charge in [0.1, 0.15) is 5.82 Å². The molecule has 0 saturated carbocycles. The van der Waals surface area contributed by atoms with Gasteiger partial charge in [-0.3, -0.25) is 4.79 Å². The molecule has 0 aliphatic heterocycles.